The molecular formula is C24H21Cl2N3O3. The van der Waals surface area contributed by atoms with Gasteiger partial charge in [0.2, 0.25) is 0 Å². The first-order valence-electron chi connectivity index (χ1n) is 9.70. The van der Waals surface area contributed by atoms with Gasteiger partial charge in [-0.1, -0.05) is 47.5 Å². The van der Waals surface area contributed by atoms with Crippen molar-refractivity contribution in [2.24, 2.45) is 5.10 Å². The molecule has 0 fully saturated rings. The van der Waals surface area contributed by atoms with Crippen LogP contribution in [-0.4, -0.2) is 18.0 Å². The van der Waals surface area contributed by atoms with Crippen molar-refractivity contribution in [3.8, 4) is 5.75 Å². The van der Waals surface area contributed by atoms with Crippen LogP contribution in [0.2, 0.25) is 10.0 Å². The summed E-state index contributed by atoms with van der Waals surface area (Å²) in [6, 6.07) is 17.9. The highest BCUT2D eigenvalue weighted by Gasteiger charge is 2.13. The van der Waals surface area contributed by atoms with E-state index in [4.69, 9.17) is 27.9 Å². The van der Waals surface area contributed by atoms with Gasteiger partial charge < -0.3 is 10.1 Å². The molecule has 0 aliphatic carbocycles. The Labute approximate surface area is 196 Å². The van der Waals surface area contributed by atoms with Gasteiger partial charge in [0, 0.05) is 21.3 Å². The third kappa shape index (κ3) is 6.57. The van der Waals surface area contributed by atoms with Gasteiger partial charge in [0.1, 0.15) is 12.4 Å². The summed E-state index contributed by atoms with van der Waals surface area (Å²) in [5.41, 5.74) is 6.10. The first-order chi connectivity index (χ1) is 15.3. The molecule has 3 rings (SSSR count). The molecule has 8 heteroatoms. The van der Waals surface area contributed by atoms with Crippen LogP contribution in [0.1, 0.15) is 22.3 Å². The topological polar surface area (TPSA) is 79.8 Å². The lowest BCUT2D eigenvalue weighted by Gasteiger charge is -2.10. The summed E-state index contributed by atoms with van der Waals surface area (Å²) >= 11 is 12.3. The molecule has 0 radical (unpaired) electrons. The Balaban J connectivity index is 1.56. The first kappa shape index (κ1) is 23.3. The number of hydrogen-bond acceptors (Lipinski definition) is 4. The first-order valence-corrected chi connectivity index (χ1v) is 10.5. The van der Waals surface area contributed by atoms with Crippen molar-refractivity contribution in [2.75, 3.05) is 5.32 Å². The zero-order valence-electron chi connectivity index (χ0n) is 17.5. The van der Waals surface area contributed by atoms with Crippen LogP contribution in [-0.2, 0) is 16.2 Å². The van der Waals surface area contributed by atoms with Crippen LogP contribution in [0.4, 0.5) is 5.69 Å². The van der Waals surface area contributed by atoms with Gasteiger partial charge in [-0.2, -0.15) is 5.10 Å². The smallest absolute Gasteiger partial charge is 0.329 e. The van der Waals surface area contributed by atoms with Crippen molar-refractivity contribution in [2.45, 2.75) is 20.5 Å². The SMILES string of the molecule is Cc1cc(C)cc(NC(=O)C(=O)N/N=C/c2cccc(OCc3c(Cl)cccc3Cl)c2)c1. The molecule has 0 bridgehead atoms. The van der Waals surface area contributed by atoms with Gasteiger partial charge in [0.05, 0.1) is 6.21 Å². The van der Waals surface area contributed by atoms with Crippen molar-refractivity contribution in [1.82, 2.24) is 5.43 Å². The minimum Gasteiger partial charge on any atom is -0.489 e. The lowest BCUT2D eigenvalue weighted by atomic mass is 10.1. The molecule has 2 N–H and O–H groups in total. The van der Waals surface area contributed by atoms with E-state index in [0.29, 0.717) is 32.6 Å². The van der Waals surface area contributed by atoms with Crippen LogP contribution in [0.25, 0.3) is 0 Å². The van der Waals surface area contributed by atoms with E-state index in [1.165, 1.54) is 6.21 Å². The fraction of sp³-hybridized carbons (Fsp3) is 0.125. The fourth-order valence-electron chi connectivity index (χ4n) is 2.96. The lowest BCUT2D eigenvalue weighted by molar-refractivity contribution is -0.136. The minimum absolute atomic E-state index is 0.203. The maximum Gasteiger partial charge on any atom is 0.329 e. The maximum atomic E-state index is 12.1. The van der Waals surface area contributed by atoms with Gasteiger partial charge in [0.15, 0.2) is 0 Å². The summed E-state index contributed by atoms with van der Waals surface area (Å²) in [6.45, 7) is 4.02. The van der Waals surface area contributed by atoms with E-state index in [2.05, 4.69) is 15.8 Å². The normalized spacial score (nSPS) is 10.8. The highest BCUT2D eigenvalue weighted by Crippen LogP contribution is 2.26. The fourth-order valence-corrected chi connectivity index (χ4v) is 3.47. The predicted molar refractivity (Wildman–Crippen MR) is 128 cm³/mol. The van der Waals surface area contributed by atoms with Crippen molar-refractivity contribution >= 4 is 46.9 Å². The van der Waals surface area contributed by atoms with Crippen molar-refractivity contribution in [3.63, 3.8) is 0 Å². The number of benzene rings is 3. The number of carbonyl (C=O) groups is 2. The number of ether oxygens (including phenoxy) is 1. The van der Waals surface area contributed by atoms with E-state index in [9.17, 15) is 9.59 Å². The molecule has 0 aliphatic rings. The number of amides is 2. The molecular weight excluding hydrogens is 449 g/mol. The Morgan fingerprint density at radius 1 is 0.938 bits per heavy atom. The van der Waals surface area contributed by atoms with E-state index >= 15 is 0 Å². The Bertz CT molecular complexity index is 1140. The standard InChI is InChI=1S/C24H21Cl2N3O3/c1-15-9-16(2)11-18(10-15)28-23(30)24(31)29-27-13-17-5-3-6-19(12-17)32-14-20-21(25)7-4-8-22(20)26/h3-13H,14H2,1-2H3,(H,28,30)(H,29,31)/b27-13+. The highest BCUT2D eigenvalue weighted by molar-refractivity contribution is 6.39. The van der Waals surface area contributed by atoms with Crippen LogP contribution < -0.4 is 15.5 Å². The summed E-state index contributed by atoms with van der Waals surface area (Å²) in [5.74, 6) is -1.11. The molecule has 0 spiro atoms. The quantitative estimate of drug-likeness (QED) is 0.292. The van der Waals surface area contributed by atoms with Gasteiger partial charge in [-0.15, -0.1) is 0 Å². The molecule has 32 heavy (non-hydrogen) atoms. The molecule has 0 aliphatic heterocycles. The largest absolute Gasteiger partial charge is 0.489 e. The van der Waals surface area contributed by atoms with E-state index in [1.54, 1.807) is 54.6 Å². The maximum absolute atomic E-state index is 12.1. The van der Waals surface area contributed by atoms with Gasteiger partial charge in [-0.3, -0.25) is 9.59 Å². The summed E-state index contributed by atoms with van der Waals surface area (Å²) in [4.78, 5) is 24.1. The number of rotatable bonds is 6. The monoisotopic (exact) mass is 469 g/mol. The minimum atomic E-state index is -0.874. The molecule has 0 aromatic heterocycles. The Kier molecular flexibility index (Phi) is 7.87. The number of nitrogens with one attached hydrogen (secondary N) is 2. The van der Waals surface area contributed by atoms with E-state index in [-0.39, 0.29) is 6.61 Å². The number of nitrogens with zero attached hydrogens (tertiary/aromatic N) is 1. The second kappa shape index (κ2) is 10.8. The molecule has 0 saturated heterocycles. The lowest BCUT2D eigenvalue weighted by Crippen LogP contribution is -2.32. The van der Waals surface area contributed by atoms with Gasteiger partial charge >= 0.3 is 11.8 Å². The summed E-state index contributed by atoms with van der Waals surface area (Å²) in [6.07, 6.45) is 1.41. The third-order valence-corrected chi connectivity index (χ3v) is 5.08. The summed E-state index contributed by atoms with van der Waals surface area (Å²) in [5, 5.41) is 7.45. The van der Waals surface area contributed by atoms with Crippen molar-refractivity contribution < 1.29 is 14.3 Å². The Morgan fingerprint density at radius 2 is 1.59 bits per heavy atom. The summed E-state index contributed by atoms with van der Waals surface area (Å²) in [7, 11) is 0. The second-order valence-corrected chi connectivity index (χ2v) is 7.91. The average Bonchev–Trinajstić information content (AvgIpc) is 2.73. The molecule has 0 saturated carbocycles. The summed E-state index contributed by atoms with van der Waals surface area (Å²) < 4.78 is 5.76. The number of aryl methyl sites for hydroxylation is 2. The van der Waals surface area contributed by atoms with E-state index in [1.807, 2.05) is 19.9 Å². The number of hydrazone groups is 1. The van der Waals surface area contributed by atoms with Crippen molar-refractivity contribution in [1.29, 1.82) is 0 Å². The Hall–Kier alpha value is -3.35. The van der Waals surface area contributed by atoms with Gasteiger partial charge in [0.25, 0.3) is 0 Å². The molecule has 0 heterocycles. The number of halogens is 2. The molecule has 0 atom stereocenters. The molecule has 3 aromatic rings. The van der Waals surface area contributed by atoms with Gasteiger partial charge in [-0.25, -0.2) is 5.43 Å². The number of anilines is 1. The zero-order valence-corrected chi connectivity index (χ0v) is 19.0. The zero-order chi connectivity index (χ0) is 23.1. The third-order valence-electron chi connectivity index (χ3n) is 4.37. The van der Waals surface area contributed by atoms with Crippen LogP contribution in [0.3, 0.4) is 0 Å². The second-order valence-electron chi connectivity index (χ2n) is 7.09. The van der Waals surface area contributed by atoms with Crippen LogP contribution in [0.5, 0.6) is 5.75 Å². The van der Waals surface area contributed by atoms with Crippen LogP contribution in [0.15, 0.2) is 65.8 Å². The predicted octanol–water partition coefficient (Wildman–Crippen LogP) is 5.28. The van der Waals surface area contributed by atoms with Crippen LogP contribution >= 0.6 is 23.2 Å². The Morgan fingerprint density at radius 3 is 2.28 bits per heavy atom. The molecule has 2 amide bonds. The van der Waals surface area contributed by atoms with E-state index < -0.39 is 11.8 Å². The highest BCUT2D eigenvalue weighted by atomic mass is 35.5. The molecule has 0 unspecified atom stereocenters. The number of carbonyl (C=O) groups excluding carboxylic acids is 2. The molecule has 6 nitrogen and oxygen atoms in total. The van der Waals surface area contributed by atoms with E-state index in [0.717, 1.165) is 11.1 Å². The average molecular weight is 470 g/mol. The molecule has 164 valence electrons. The van der Waals surface area contributed by atoms with Crippen LogP contribution in [0, 0.1) is 13.8 Å². The number of hydrogen-bond donors (Lipinski definition) is 2. The van der Waals surface area contributed by atoms with Gasteiger partial charge in [-0.05, 0) is 66.9 Å². The van der Waals surface area contributed by atoms with Crippen molar-refractivity contribution in [3.05, 3.63) is 93.0 Å². The molecule has 3 aromatic carbocycles.